The number of carbonyl (C=O) groups is 1. The number of carbonyl (C=O) groups excluding carboxylic acids is 1. The molecule has 23 heavy (non-hydrogen) atoms. The first kappa shape index (κ1) is 14.5. The standard InChI is InChI=1S/C19H22N2O2/c1-20-10-13-6-8-15(20)12-21(11-13)19(23)17-9-7-14-4-2-3-5-16(14)18(17)22/h2-5,7,9,13,15,22H,6,8,10-12H2,1H3/t13-,15-/m0/s1. The second-order valence-electron chi connectivity index (χ2n) is 6.93. The Bertz CT molecular complexity index is 758. The molecule has 120 valence electrons. The highest BCUT2D eigenvalue weighted by Crippen LogP contribution is 2.32. The Balaban J connectivity index is 1.68. The molecule has 5 rings (SSSR count). The van der Waals surface area contributed by atoms with Gasteiger partial charge in [-0.25, -0.2) is 0 Å². The van der Waals surface area contributed by atoms with Gasteiger partial charge in [0.25, 0.3) is 5.91 Å². The van der Waals surface area contributed by atoms with Crippen LogP contribution >= 0.6 is 0 Å². The average Bonchev–Trinajstić information content (AvgIpc) is 2.86. The summed E-state index contributed by atoms with van der Waals surface area (Å²) in [7, 11) is 2.15. The maximum Gasteiger partial charge on any atom is 0.257 e. The molecule has 2 atom stereocenters. The first-order valence-corrected chi connectivity index (χ1v) is 8.33. The zero-order chi connectivity index (χ0) is 16.0. The van der Waals surface area contributed by atoms with Gasteiger partial charge in [-0.2, -0.15) is 0 Å². The minimum Gasteiger partial charge on any atom is -0.506 e. The van der Waals surface area contributed by atoms with Gasteiger partial charge in [-0.05, 0) is 37.3 Å². The minimum atomic E-state index is -0.0412. The van der Waals surface area contributed by atoms with Crippen LogP contribution in [0.2, 0.25) is 0 Å². The van der Waals surface area contributed by atoms with Crippen LogP contribution in [0.5, 0.6) is 5.75 Å². The SMILES string of the molecule is CN1C[C@@H]2CC[C@H]1CN(C(=O)c1ccc3ccccc3c1O)C2. The van der Waals surface area contributed by atoms with Gasteiger partial charge in [-0.3, -0.25) is 4.79 Å². The summed E-state index contributed by atoms with van der Waals surface area (Å²) in [5.41, 5.74) is 0.424. The lowest BCUT2D eigenvalue weighted by molar-refractivity contribution is 0.0740. The number of amides is 1. The molecule has 0 spiro atoms. The van der Waals surface area contributed by atoms with E-state index in [-0.39, 0.29) is 11.7 Å². The molecule has 3 heterocycles. The molecule has 0 aliphatic carbocycles. The van der Waals surface area contributed by atoms with E-state index in [4.69, 9.17) is 0 Å². The van der Waals surface area contributed by atoms with E-state index in [2.05, 4.69) is 11.9 Å². The van der Waals surface area contributed by atoms with Crippen LogP contribution in [0.1, 0.15) is 23.2 Å². The number of phenols is 1. The van der Waals surface area contributed by atoms with Gasteiger partial charge in [0.2, 0.25) is 0 Å². The number of fused-ring (bicyclic) bond motifs is 5. The molecule has 3 aliphatic heterocycles. The van der Waals surface area contributed by atoms with Gasteiger partial charge in [-0.15, -0.1) is 0 Å². The fourth-order valence-electron chi connectivity index (χ4n) is 4.08. The molecular formula is C19H22N2O2. The van der Waals surface area contributed by atoms with E-state index in [1.807, 2.05) is 35.2 Å². The minimum absolute atomic E-state index is 0.0412. The van der Waals surface area contributed by atoms with E-state index in [0.29, 0.717) is 17.5 Å². The van der Waals surface area contributed by atoms with Gasteiger partial charge in [0.05, 0.1) is 5.56 Å². The van der Waals surface area contributed by atoms with Crippen LogP contribution in [0.3, 0.4) is 0 Å². The number of phenolic OH excluding ortho intramolecular Hbond substituents is 1. The van der Waals surface area contributed by atoms with Crippen molar-refractivity contribution in [2.45, 2.75) is 18.9 Å². The fraction of sp³-hybridized carbons (Fsp3) is 0.421. The van der Waals surface area contributed by atoms with Crippen molar-refractivity contribution in [1.29, 1.82) is 0 Å². The van der Waals surface area contributed by atoms with E-state index in [1.54, 1.807) is 6.07 Å². The Labute approximate surface area is 136 Å². The van der Waals surface area contributed by atoms with Crippen molar-refractivity contribution in [3.63, 3.8) is 0 Å². The van der Waals surface area contributed by atoms with Crippen molar-refractivity contribution in [3.8, 4) is 5.75 Å². The Morgan fingerprint density at radius 1 is 1.09 bits per heavy atom. The third kappa shape index (κ3) is 2.47. The summed E-state index contributed by atoms with van der Waals surface area (Å²) >= 11 is 0. The maximum atomic E-state index is 13.0. The number of hydrogen-bond donors (Lipinski definition) is 1. The van der Waals surface area contributed by atoms with Gasteiger partial charge in [-0.1, -0.05) is 30.3 Å². The third-order valence-electron chi connectivity index (χ3n) is 5.41. The summed E-state index contributed by atoms with van der Waals surface area (Å²) in [6.45, 7) is 2.63. The second-order valence-corrected chi connectivity index (χ2v) is 6.93. The molecular weight excluding hydrogens is 288 g/mol. The lowest BCUT2D eigenvalue weighted by atomic mass is 9.96. The van der Waals surface area contributed by atoms with Crippen molar-refractivity contribution < 1.29 is 9.90 Å². The number of piperidine rings is 1. The van der Waals surface area contributed by atoms with Crippen molar-refractivity contribution in [2.75, 3.05) is 26.7 Å². The van der Waals surface area contributed by atoms with E-state index >= 15 is 0 Å². The lowest BCUT2D eigenvalue weighted by Gasteiger charge is -2.32. The zero-order valence-electron chi connectivity index (χ0n) is 13.4. The van der Waals surface area contributed by atoms with Gasteiger partial charge in [0.15, 0.2) is 0 Å². The van der Waals surface area contributed by atoms with Crippen molar-refractivity contribution in [2.24, 2.45) is 5.92 Å². The summed E-state index contributed by atoms with van der Waals surface area (Å²) in [6, 6.07) is 11.8. The number of hydrogen-bond acceptors (Lipinski definition) is 3. The molecule has 1 amide bonds. The average molecular weight is 310 g/mol. The first-order chi connectivity index (χ1) is 11.1. The molecule has 2 bridgehead atoms. The molecule has 3 aliphatic rings. The van der Waals surface area contributed by atoms with Crippen LogP contribution in [0.15, 0.2) is 36.4 Å². The summed E-state index contributed by atoms with van der Waals surface area (Å²) in [5, 5.41) is 12.3. The van der Waals surface area contributed by atoms with Crippen LogP contribution in [-0.2, 0) is 0 Å². The number of rotatable bonds is 1. The van der Waals surface area contributed by atoms with Gasteiger partial charge < -0.3 is 14.9 Å². The molecule has 3 saturated heterocycles. The monoisotopic (exact) mass is 310 g/mol. The fourth-order valence-corrected chi connectivity index (χ4v) is 4.08. The summed E-state index contributed by atoms with van der Waals surface area (Å²) in [5.74, 6) is 0.615. The second kappa shape index (κ2) is 5.53. The number of benzene rings is 2. The third-order valence-corrected chi connectivity index (χ3v) is 5.41. The van der Waals surface area contributed by atoms with Crippen LogP contribution in [0.25, 0.3) is 10.8 Å². The smallest absolute Gasteiger partial charge is 0.257 e. The highest BCUT2D eigenvalue weighted by molar-refractivity contribution is 6.03. The topological polar surface area (TPSA) is 43.8 Å². The van der Waals surface area contributed by atoms with Gasteiger partial charge in [0, 0.05) is 31.1 Å². The molecule has 0 aromatic heterocycles. The van der Waals surface area contributed by atoms with Crippen LogP contribution in [0.4, 0.5) is 0 Å². The van der Waals surface area contributed by atoms with Crippen LogP contribution in [0, 0.1) is 5.92 Å². The summed E-state index contributed by atoms with van der Waals surface area (Å²) < 4.78 is 0. The summed E-state index contributed by atoms with van der Waals surface area (Å²) in [6.07, 6.45) is 2.36. The molecule has 1 N–H and O–H groups in total. The maximum absolute atomic E-state index is 13.0. The van der Waals surface area contributed by atoms with Crippen molar-refractivity contribution in [3.05, 3.63) is 42.0 Å². The Hall–Kier alpha value is -2.07. The van der Waals surface area contributed by atoms with E-state index < -0.39 is 0 Å². The predicted molar refractivity (Wildman–Crippen MR) is 90.7 cm³/mol. The van der Waals surface area contributed by atoms with Gasteiger partial charge >= 0.3 is 0 Å². The van der Waals surface area contributed by atoms with E-state index in [9.17, 15) is 9.90 Å². The largest absolute Gasteiger partial charge is 0.506 e. The Kier molecular flexibility index (Phi) is 3.49. The van der Waals surface area contributed by atoms with E-state index in [0.717, 1.165) is 36.8 Å². The van der Waals surface area contributed by atoms with Crippen molar-refractivity contribution >= 4 is 16.7 Å². The highest BCUT2D eigenvalue weighted by Gasteiger charge is 2.35. The Morgan fingerprint density at radius 2 is 1.91 bits per heavy atom. The van der Waals surface area contributed by atoms with Crippen LogP contribution in [-0.4, -0.2) is 53.5 Å². The quantitative estimate of drug-likeness (QED) is 0.881. The van der Waals surface area contributed by atoms with Crippen LogP contribution < -0.4 is 0 Å². The molecule has 4 nitrogen and oxygen atoms in total. The number of nitrogens with zero attached hydrogens (tertiary/aromatic N) is 2. The number of aromatic hydroxyl groups is 1. The number of likely N-dealkylation sites (N-methyl/N-ethyl adjacent to an activating group) is 1. The molecule has 0 radical (unpaired) electrons. The normalized spacial score (nSPS) is 24.8. The van der Waals surface area contributed by atoms with Crippen molar-refractivity contribution in [1.82, 2.24) is 9.80 Å². The molecule has 2 aromatic rings. The molecule has 0 saturated carbocycles. The molecule has 4 heteroatoms. The first-order valence-electron chi connectivity index (χ1n) is 8.33. The van der Waals surface area contributed by atoms with Gasteiger partial charge in [0.1, 0.15) is 5.75 Å². The predicted octanol–water partition coefficient (Wildman–Crippen LogP) is 2.71. The molecule has 3 fully saturated rings. The molecule has 0 unspecified atom stereocenters. The lowest BCUT2D eigenvalue weighted by Crippen LogP contribution is -2.41. The summed E-state index contributed by atoms with van der Waals surface area (Å²) in [4.78, 5) is 17.3. The zero-order valence-corrected chi connectivity index (χ0v) is 13.4. The Morgan fingerprint density at radius 3 is 2.74 bits per heavy atom. The van der Waals surface area contributed by atoms with E-state index in [1.165, 1.54) is 6.42 Å². The highest BCUT2D eigenvalue weighted by atomic mass is 16.3. The molecule has 2 aromatic carbocycles.